The fourth-order valence-electron chi connectivity index (χ4n) is 9.87. The van der Waals surface area contributed by atoms with Crippen LogP contribution in [0.25, 0.3) is 22.3 Å². The van der Waals surface area contributed by atoms with E-state index in [1.165, 1.54) is 71.0 Å². The van der Waals surface area contributed by atoms with Gasteiger partial charge in [-0.2, -0.15) is 0 Å². The van der Waals surface area contributed by atoms with Crippen LogP contribution in [0, 0.1) is 0 Å². The van der Waals surface area contributed by atoms with Crippen molar-refractivity contribution >= 4 is 75.0 Å². The summed E-state index contributed by atoms with van der Waals surface area (Å²) < 4.78 is 6.71. The van der Waals surface area contributed by atoms with Crippen molar-refractivity contribution in [3.63, 3.8) is 0 Å². The second-order valence-electron chi connectivity index (χ2n) is 14.4. The topological polar surface area (TPSA) is 15.7 Å². The highest BCUT2D eigenvalue weighted by Crippen LogP contribution is 2.55. The Hall–Kier alpha value is -6.56. The van der Waals surface area contributed by atoms with Crippen molar-refractivity contribution < 1.29 is 4.74 Å². The van der Waals surface area contributed by atoms with Crippen LogP contribution in [-0.2, 0) is 0 Å². The summed E-state index contributed by atoms with van der Waals surface area (Å²) >= 11 is 0. The van der Waals surface area contributed by atoms with E-state index in [1.807, 2.05) is 0 Å². The number of anilines is 5. The molecular formula is C48H31BN2OSi. The molecule has 0 atom stereocenters. The molecule has 0 amide bonds. The molecule has 4 aliphatic heterocycles. The van der Waals surface area contributed by atoms with Gasteiger partial charge in [-0.3, -0.25) is 0 Å². The van der Waals surface area contributed by atoms with Crippen LogP contribution >= 0.6 is 0 Å². The summed E-state index contributed by atoms with van der Waals surface area (Å²) in [6, 6.07) is 69.9. The van der Waals surface area contributed by atoms with Gasteiger partial charge < -0.3 is 14.4 Å². The van der Waals surface area contributed by atoms with Gasteiger partial charge in [-0.25, -0.2) is 0 Å². The molecule has 0 N–H and O–H groups in total. The van der Waals surface area contributed by atoms with Gasteiger partial charge in [0.2, 0.25) is 0 Å². The van der Waals surface area contributed by atoms with Gasteiger partial charge in [0.1, 0.15) is 5.75 Å². The summed E-state index contributed by atoms with van der Waals surface area (Å²) in [6.07, 6.45) is 0. The lowest BCUT2D eigenvalue weighted by Gasteiger charge is -2.52. The maximum atomic E-state index is 6.71. The van der Waals surface area contributed by atoms with Crippen LogP contribution < -0.4 is 46.1 Å². The maximum absolute atomic E-state index is 6.71. The zero-order valence-corrected chi connectivity index (χ0v) is 29.8. The van der Waals surface area contributed by atoms with E-state index < -0.39 is 8.07 Å². The minimum atomic E-state index is -2.83. The summed E-state index contributed by atoms with van der Waals surface area (Å²) in [4.78, 5) is 5.21. The van der Waals surface area contributed by atoms with Gasteiger partial charge in [-0.15, -0.1) is 0 Å². The number of rotatable bonds is 3. The zero-order chi connectivity index (χ0) is 34.7. The first-order valence-electron chi connectivity index (χ1n) is 18.4. The van der Waals surface area contributed by atoms with Gasteiger partial charge in [-0.1, -0.05) is 152 Å². The summed E-state index contributed by atoms with van der Waals surface area (Å²) in [5.41, 5.74) is 13.6. The smallest absolute Gasteiger partial charge is 0.333 e. The highest BCUT2D eigenvalue weighted by molar-refractivity contribution is 7.21. The SMILES string of the molecule is c1ccc(-c2cc3c4c(c2)N2c5ccccc5[Si](c5ccccc5)(c5ccccc5)c5cccc(c52)B4N2c4ccccc4Oc4cccc-3c42)cc1. The van der Waals surface area contributed by atoms with E-state index in [0.717, 1.165) is 22.9 Å². The number of nitrogens with zero attached hydrogens (tertiary/aromatic N) is 2. The molecule has 0 saturated carbocycles. The average molecular weight is 691 g/mol. The van der Waals surface area contributed by atoms with E-state index in [-0.39, 0.29) is 6.85 Å². The molecule has 0 aliphatic carbocycles. The monoisotopic (exact) mass is 690 g/mol. The molecule has 0 fully saturated rings. The summed E-state index contributed by atoms with van der Waals surface area (Å²) in [6.45, 7) is -0.0711. The number of para-hydroxylation sites is 5. The van der Waals surface area contributed by atoms with Gasteiger partial charge in [0.15, 0.2) is 13.8 Å². The Morgan fingerprint density at radius 3 is 1.83 bits per heavy atom. The first-order valence-corrected chi connectivity index (χ1v) is 20.4. The van der Waals surface area contributed by atoms with E-state index in [2.05, 4.69) is 198 Å². The molecule has 0 unspecified atom stereocenters. The van der Waals surface area contributed by atoms with Crippen LogP contribution in [0.2, 0.25) is 0 Å². The van der Waals surface area contributed by atoms with Crippen LogP contribution in [0.15, 0.2) is 188 Å². The molecule has 4 aliphatic rings. The van der Waals surface area contributed by atoms with Crippen LogP contribution in [-0.4, -0.2) is 14.9 Å². The Kier molecular flexibility index (Phi) is 5.89. The van der Waals surface area contributed by atoms with Crippen molar-refractivity contribution in [1.29, 1.82) is 0 Å². The number of fused-ring (bicyclic) bond motifs is 8. The molecule has 0 radical (unpaired) electrons. The van der Waals surface area contributed by atoms with Gasteiger partial charge in [0, 0.05) is 22.6 Å². The zero-order valence-electron chi connectivity index (χ0n) is 28.8. The summed E-state index contributed by atoms with van der Waals surface area (Å²) in [5, 5.41) is 5.62. The molecule has 0 aromatic heterocycles. The standard InChI is InChI=1S/C48H31BN2OSi/c1-4-16-32(17-5-1)33-30-37-36-22-14-27-43-47(36)51(39-24-10-12-26-42(39)52-43)49-38-23-15-29-45-48(38)50(41(31-33)46(37)49)40-25-11-13-28-44(40)53(45,34-18-6-2-7-19-34)35-20-8-3-9-21-35/h1-31H. The fraction of sp³-hybridized carbons (Fsp3) is 0. The molecular weight excluding hydrogens is 659 g/mol. The van der Waals surface area contributed by atoms with Crippen molar-refractivity contribution in [1.82, 2.24) is 0 Å². The quantitative estimate of drug-likeness (QED) is 0.176. The lowest BCUT2D eigenvalue weighted by Crippen LogP contribution is -2.79. The Labute approximate surface area is 310 Å². The van der Waals surface area contributed by atoms with Gasteiger partial charge in [-0.05, 0) is 84.8 Å². The van der Waals surface area contributed by atoms with Crippen LogP contribution in [0.3, 0.4) is 0 Å². The number of hydrogen-bond acceptors (Lipinski definition) is 3. The van der Waals surface area contributed by atoms with E-state index >= 15 is 0 Å². The van der Waals surface area contributed by atoms with Gasteiger partial charge >= 0.3 is 6.85 Å². The Morgan fingerprint density at radius 1 is 0.434 bits per heavy atom. The summed E-state index contributed by atoms with van der Waals surface area (Å²) in [7, 11) is -2.83. The first-order chi connectivity index (χ1) is 26.3. The van der Waals surface area contributed by atoms with E-state index in [9.17, 15) is 0 Å². The maximum Gasteiger partial charge on any atom is 0.333 e. The van der Waals surface area contributed by atoms with E-state index in [4.69, 9.17) is 4.74 Å². The Balaban J connectivity index is 1.27. The van der Waals surface area contributed by atoms with Crippen molar-refractivity contribution in [2.75, 3.05) is 9.71 Å². The molecule has 5 heteroatoms. The Bertz CT molecular complexity index is 2750. The van der Waals surface area contributed by atoms with E-state index in [1.54, 1.807) is 0 Å². The number of ether oxygens (including phenoxy) is 1. The van der Waals surface area contributed by atoms with Crippen molar-refractivity contribution in [2.45, 2.75) is 0 Å². The van der Waals surface area contributed by atoms with Crippen LogP contribution in [0.1, 0.15) is 0 Å². The first kappa shape index (κ1) is 29.1. The van der Waals surface area contributed by atoms with Crippen molar-refractivity contribution in [3.05, 3.63) is 188 Å². The fourth-order valence-corrected chi connectivity index (χ4v) is 15.0. The molecule has 0 saturated heterocycles. The van der Waals surface area contributed by atoms with Crippen LogP contribution in [0.5, 0.6) is 11.5 Å². The molecule has 246 valence electrons. The van der Waals surface area contributed by atoms with Gasteiger partial charge in [0.05, 0.1) is 11.4 Å². The third-order valence-corrected chi connectivity index (χ3v) is 16.7. The molecule has 12 rings (SSSR count). The molecule has 4 heterocycles. The molecule has 0 bridgehead atoms. The molecule has 8 aromatic carbocycles. The highest BCUT2D eigenvalue weighted by atomic mass is 28.3. The third-order valence-electron chi connectivity index (χ3n) is 11.9. The van der Waals surface area contributed by atoms with Crippen molar-refractivity contribution in [3.8, 4) is 33.8 Å². The third kappa shape index (κ3) is 3.74. The second-order valence-corrected chi connectivity index (χ2v) is 18.1. The minimum absolute atomic E-state index is 0.0711. The lowest BCUT2D eigenvalue weighted by molar-refractivity contribution is 0.478. The van der Waals surface area contributed by atoms with Crippen LogP contribution in [0.4, 0.5) is 28.4 Å². The molecule has 3 nitrogen and oxygen atoms in total. The van der Waals surface area contributed by atoms with Crippen molar-refractivity contribution in [2.24, 2.45) is 0 Å². The van der Waals surface area contributed by atoms with E-state index in [0.29, 0.717) is 0 Å². The number of hydrogen-bond donors (Lipinski definition) is 0. The number of benzene rings is 8. The predicted octanol–water partition coefficient (Wildman–Crippen LogP) is 7.86. The molecule has 53 heavy (non-hydrogen) atoms. The Morgan fingerprint density at radius 2 is 1.06 bits per heavy atom. The predicted molar refractivity (Wildman–Crippen MR) is 223 cm³/mol. The highest BCUT2D eigenvalue weighted by Gasteiger charge is 2.55. The summed E-state index contributed by atoms with van der Waals surface area (Å²) in [5.74, 6) is 1.78. The normalized spacial score (nSPS) is 14.6. The second kappa shape index (κ2) is 10.7. The molecule has 0 spiro atoms. The molecule has 8 aromatic rings. The van der Waals surface area contributed by atoms with Gasteiger partial charge in [0.25, 0.3) is 0 Å². The lowest BCUT2D eigenvalue weighted by atomic mass is 9.43. The largest absolute Gasteiger partial charge is 0.453 e. The minimum Gasteiger partial charge on any atom is -0.453 e. The average Bonchev–Trinajstić information content (AvgIpc) is 3.23.